The number of nitrogens with zero attached hydrogens (tertiary/aromatic N) is 2. The van der Waals surface area contributed by atoms with Gasteiger partial charge in [0.05, 0.1) is 6.54 Å². The molecule has 0 radical (unpaired) electrons. The molecule has 5 heteroatoms. The van der Waals surface area contributed by atoms with Gasteiger partial charge in [0, 0.05) is 31.8 Å². The number of hydrogen-bond donors (Lipinski definition) is 0. The van der Waals surface area contributed by atoms with Crippen LogP contribution in [-0.2, 0) is 11.2 Å². The third kappa shape index (κ3) is 2.74. The molecule has 1 saturated heterocycles. The molecule has 0 N–H and O–H groups in total. The number of likely N-dealkylation sites (tertiary alicyclic amines) is 1. The number of aryl methyl sites for hydroxylation is 1. The van der Waals surface area contributed by atoms with Crippen LogP contribution in [0.1, 0.15) is 18.4 Å². The minimum absolute atomic E-state index is 0.133. The first-order chi connectivity index (χ1) is 11.2. The number of aromatic nitrogens is 1. The van der Waals surface area contributed by atoms with Gasteiger partial charge in [-0.05, 0) is 30.2 Å². The fourth-order valence-corrected chi connectivity index (χ4v) is 3.13. The Kier molecular flexibility index (Phi) is 3.41. The van der Waals surface area contributed by atoms with Crippen LogP contribution in [0.5, 0.6) is 11.5 Å². The Labute approximate surface area is 134 Å². The molecule has 1 aromatic carbocycles. The van der Waals surface area contributed by atoms with E-state index in [0.29, 0.717) is 32.4 Å². The highest BCUT2D eigenvalue weighted by Crippen LogP contribution is 2.42. The van der Waals surface area contributed by atoms with Gasteiger partial charge in [-0.3, -0.25) is 9.78 Å². The summed E-state index contributed by atoms with van der Waals surface area (Å²) in [4.78, 5) is 18.3. The highest BCUT2D eigenvalue weighted by molar-refractivity contribution is 5.77. The monoisotopic (exact) mass is 310 g/mol. The molecule has 3 heterocycles. The van der Waals surface area contributed by atoms with E-state index >= 15 is 0 Å². The fourth-order valence-electron chi connectivity index (χ4n) is 3.13. The van der Waals surface area contributed by atoms with Crippen LogP contribution < -0.4 is 9.47 Å². The van der Waals surface area contributed by atoms with Gasteiger partial charge < -0.3 is 14.4 Å². The zero-order valence-electron chi connectivity index (χ0n) is 12.8. The van der Waals surface area contributed by atoms with Crippen LogP contribution in [0.15, 0.2) is 48.8 Å². The van der Waals surface area contributed by atoms with Gasteiger partial charge in [0.1, 0.15) is 0 Å². The highest BCUT2D eigenvalue weighted by Gasteiger charge is 2.48. The van der Waals surface area contributed by atoms with Crippen molar-refractivity contribution >= 4 is 5.91 Å². The molecule has 1 spiro atoms. The van der Waals surface area contributed by atoms with Crippen molar-refractivity contribution < 1.29 is 14.3 Å². The van der Waals surface area contributed by atoms with Gasteiger partial charge in [-0.1, -0.05) is 18.2 Å². The second-order valence-electron chi connectivity index (χ2n) is 5.99. The summed E-state index contributed by atoms with van der Waals surface area (Å²) in [6.45, 7) is 1.15. The van der Waals surface area contributed by atoms with Crippen molar-refractivity contribution in [3.63, 3.8) is 0 Å². The van der Waals surface area contributed by atoms with Crippen LogP contribution in [0.4, 0.5) is 0 Å². The van der Waals surface area contributed by atoms with Crippen LogP contribution in [-0.4, -0.2) is 34.7 Å². The van der Waals surface area contributed by atoms with E-state index in [0.717, 1.165) is 17.1 Å². The van der Waals surface area contributed by atoms with E-state index in [4.69, 9.17) is 9.47 Å². The molecule has 118 valence electrons. The van der Waals surface area contributed by atoms with Gasteiger partial charge >= 0.3 is 0 Å². The molecular formula is C18H18N2O3. The van der Waals surface area contributed by atoms with E-state index in [-0.39, 0.29) is 5.91 Å². The topological polar surface area (TPSA) is 51.7 Å². The molecule has 0 saturated carbocycles. The molecule has 1 amide bonds. The first-order valence-electron chi connectivity index (χ1n) is 7.88. The van der Waals surface area contributed by atoms with Gasteiger partial charge in [0.15, 0.2) is 11.5 Å². The Morgan fingerprint density at radius 1 is 1.17 bits per heavy atom. The molecule has 0 bridgehead atoms. The number of ether oxygens (including phenoxy) is 2. The van der Waals surface area contributed by atoms with Crippen molar-refractivity contribution in [3.8, 4) is 11.5 Å². The van der Waals surface area contributed by atoms with E-state index < -0.39 is 5.79 Å². The average Bonchev–Trinajstić information content (AvgIpc) is 3.16. The number of amides is 1. The zero-order chi connectivity index (χ0) is 15.7. The Morgan fingerprint density at radius 2 is 1.96 bits per heavy atom. The molecular weight excluding hydrogens is 292 g/mol. The predicted octanol–water partition coefficient (Wildman–Crippen LogP) is 2.41. The van der Waals surface area contributed by atoms with Crippen LogP contribution in [0.25, 0.3) is 0 Å². The summed E-state index contributed by atoms with van der Waals surface area (Å²) in [7, 11) is 0. The maximum atomic E-state index is 12.4. The summed E-state index contributed by atoms with van der Waals surface area (Å²) < 4.78 is 11.9. The van der Waals surface area contributed by atoms with Crippen molar-refractivity contribution in [2.45, 2.75) is 25.0 Å². The largest absolute Gasteiger partial charge is 0.447 e. The van der Waals surface area contributed by atoms with Gasteiger partial charge in [-0.25, -0.2) is 0 Å². The normalized spacial score (nSPS) is 17.7. The number of pyridine rings is 1. The lowest BCUT2D eigenvalue weighted by atomic mass is 10.1. The molecule has 1 aromatic heterocycles. The third-order valence-corrected chi connectivity index (χ3v) is 4.34. The van der Waals surface area contributed by atoms with Gasteiger partial charge in [-0.2, -0.15) is 0 Å². The summed E-state index contributed by atoms with van der Waals surface area (Å²) in [6, 6.07) is 11.5. The molecule has 2 aliphatic rings. The van der Waals surface area contributed by atoms with Crippen LogP contribution in [0.3, 0.4) is 0 Å². The first-order valence-corrected chi connectivity index (χ1v) is 7.88. The lowest BCUT2D eigenvalue weighted by Gasteiger charge is -2.23. The number of rotatable bonds is 3. The second-order valence-corrected chi connectivity index (χ2v) is 5.99. The van der Waals surface area contributed by atoms with E-state index in [9.17, 15) is 4.79 Å². The number of hydrogen-bond acceptors (Lipinski definition) is 4. The number of carbonyl (C=O) groups is 1. The predicted molar refractivity (Wildman–Crippen MR) is 84.2 cm³/mol. The van der Waals surface area contributed by atoms with E-state index in [2.05, 4.69) is 4.98 Å². The summed E-state index contributed by atoms with van der Waals surface area (Å²) in [5.41, 5.74) is 1.08. The molecule has 0 unspecified atom stereocenters. The minimum atomic E-state index is -0.701. The van der Waals surface area contributed by atoms with Crippen molar-refractivity contribution in [2.24, 2.45) is 0 Å². The molecule has 2 aliphatic heterocycles. The quantitative estimate of drug-likeness (QED) is 0.873. The molecule has 0 atom stereocenters. The van der Waals surface area contributed by atoms with Crippen LogP contribution >= 0.6 is 0 Å². The minimum Gasteiger partial charge on any atom is -0.447 e. The van der Waals surface area contributed by atoms with Gasteiger partial charge in [-0.15, -0.1) is 0 Å². The van der Waals surface area contributed by atoms with E-state index in [1.807, 2.05) is 41.3 Å². The van der Waals surface area contributed by atoms with Crippen molar-refractivity contribution in [3.05, 3.63) is 54.4 Å². The smallest absolute Gasteiger partial charge is 0.270 e. The summed E-state index contributed by atoms with van der Waals surface area (Å²) in [5.74, 6) is 0.955. The second kappa shape index (κ2) is 5.57. The Hall–Kier alpha value is -2.56. The molecule has 4 rings (SSSR count). The molecule has 1 fully saturated rings. The molecule has 0 aliphatic carbocycles. The van der Waals surface area contributed by atoms with Crippen molar-refractivity contribution in [2.75, 3.05) is 13.1 Å². The Morgan fingerprint density at radius 3 is 2.65 bits per heavy atom. The van der Waals surface area contributed by atoms with Crippen LogP contribution in [0, 0.1) is 0 Å². The maximum absolute atomic E-state index is 12.4. The number of para-hydroxylation sites is 2. The summed E-state index contributed by atoms with van der Waals surface area (Å²) in [5, 5.41) is 0. The Bertz CT molecular complexity index is 692. The summed E-state index contributed by atoms with van der Waals surface area (Å²) in [6.07, 6.45) is 5.42. The number of benzene rings is 1. The zero-order valence-corrected chi connectivity index (χ0v) is 12.8. The molecule has 5 nitrogen and oxygen atoms in total. The Balaban J connectivity index is 1.37. The van der Waals surface area contributed by atoms with E-state index in [1.54, 1.807) is 12.4 Å². The average molecular weight is 310 g/mol. The standard InChI is InChI=1S/C18H18N2O3/c21-17(8-7-14-4-3-10-19-12-14)20-11-9-18(13-20)22-15-5-1-2-6-16(15)23-18/h1-6,10,12H,7-9,11,13H2. The third-order valence-electron chi connectivity index (χ3n) is 4.34. The SMILES string of the molecule is O=C(CCc1cccnc1)N1CCC2(C1)Oc1ccccc1O2. The van der Waals surface area contributed by atoms with E-state index in [1.165, 1.54) is 0 Å². The van der Waals surface area contributed by atoms with Crippen molar-refractivity contribution in [1.29, 1.82) is 0 Å². The molecule has 23 heavy (non-hydrogen) atoms. The van der Waals surface area contributed by atoms with Crippen LogP contribution in [0.2, 0.25) is 0 Å². The maximum Gasteiger partial charge on any atom is 0.270 e. The lowest BCUT2D eigenvalue weighted by molar-refractivity contribution is -0.133. The first kappa shape index (κ1) is 14.1. The number of fused-ring (bicyclic) bond motifs is 1. The highest BCUT2D eigenvalue weighted by atomic mass is 16.7. The molecule has 2 aromatic rings. The fraction of sp³-hybridized carbons (Fsp3) is 0.333. The summed E-state index contributed by atoms with van der Waals surface area (Å²) >= 11 is 0. The van der Waals surface area contributed by atoms with Gasteiger partial charge in [0.2, 0.25) is 5.91 Å². The van der Waals surface area contributed by atoms with Crippen molar-refractivity contribution in [1.82, 2.24) is 9.88 Å². The lowest BCUT2D eigenvalue weighted by Crippen LogP contribution is -2.42. The number of carbonyl (C=O) groups excluding carboxylic acids is 1. The van der Waals surface area contributed by atoms with Gasteiger partial charge in [0.25, 0.3) is 5.79 Å².